The van der Waals surface area contributed by atoms with Crippen LogP contribution in [0.15, 0.2) is 18.2 Å². The third-order valence-electron chi connectivity index (χ3n) is 4.77. The SMILES string of the molecule is Cc1nn(C)c(Cl)c1C(=O)Nc1cccc2c1C(C)CC2(C)C. The summed E-state index contributed by atoms with van der Waals surface area (Å²) in [6.45, 7) is 8.51. The van der Waals surface area contributed by atoms with E-state index >= 15 is 0 Å². The molecule has 3 rings (SSSR count). The summed E-state index contributed by atoms with van der Waals surface area (Å²) in [7, 11) is 1.73. The van der Waals surface area contributed by atoms with E-state index < -0.39 is 0 Å². The molecule has 0 fully saturated rings. The van der Waals surface area contributed by atoms with Gasteiger partial charge in [0, 0.05) is 12.7 Å². The summed E-state index contributed by atoms with van der Waals surface area (Å²) < 4.78 is 1.52. The summed E-state index contributed by atoms with van der Waals surface area (Å²) in [6, 6.07) is 6.14. The number of carbonyl (C=O) groups excluding carboxylic acids is 1. The lowest BCUT2D eigenvalue weighted by Crippen LogP contribution is -2.15. The van der Waals surface area contributed by atoms with Crippen LogP contribution in [-0.2, 0) is 12.5 Å². The number of anilines is 1. The summed E-state index contributed by atoms with van der Waals surface area (Å²) in [5.74, 6) is 0.216. The Kier molecular flexibility index (Phi) is 3.75. The van der Waals surface area contributed by atoms with E-state index in [9.17, 15) is 4.79 Å². The number of aryl methyl sites for hydroxylation is 2. The molecule has 0 saturated heterocycles. The topological polar surface area (TPSA) is 46.9 Å². The molecule has 122 valence electrons. The first-order chi connectivity index (χ1) is 10.7. The monoisotopic (exact) mass is 331 g/mol. The van der Waals surface area contributed by atoms with Crippen molar-refractivity contribution in [2.24, 2.45) is 7.05 Å². The van der Waals surface area contributed by atoms with Crippen molar-refractivity contribution in [2.45, 2.75) is 45.4 Å². The van der Waals surface area contributed by atoms with Crippen molar-refractivity contribution in [2.75, 3.05) is 5.32 Å². The highest BCUT2D eigenvalue weighted by Gasteiger charge is 2.36. The number of aromatic nitrogens is 2. The molecule has 0 aliphatic heterocycles. The first kappa shape index (κ1) is 16.1. The van der Waals surface area contributed by atoms with Gasteiger partial charge in [0.15, 0.2) is 0 Å². The number of hydrogen-bond acceptors (Lipinski definition) is 2. The molecule has 1 unspecified atom stereocenters. The number of nitrogens with zero attached hydrogens (tertiary/aromatic N) is 2. The number of hydrogen-bond donors (Lipinski definition) is 1. The number of rotatable bonds is 2. The maximum Gasteiger partial charge on any atom is 0.260 e. The first-order valence-corrected chi connectivity index (χ1v) is 8.24. The molecule has 1 aliphatic carbocycles. The van der Waals surface area contributed by atoms with Gasteiger partial charge in [-0.3, -0.25) is 9.48 Å². The number of benzene rings is 1. The van der Waals surface area contributed by atoms with E-state index in [1.54, 1.807) is 14.0 Å². The van der Waals surface area contributed by atoms with Crippen molar-refractivity contribution in [3.8, 4) is 0 Å². The molecule has 0 bridgehead atoms. The minimum absolute atomic E-state index is 0.136. The molecular formula is C18H22ClN3O. The zero-order valence-corrected chi connectivity index (χ0v) is 15.0. The molecule has 0 spiro atoms. The zero-order valence-electron chi connectivity index (χ0n) is 14.2. The molecule has 23 heavy (non-hydrogen) atoms. The number of fused-ring (bicyclic) bond motifs is 1. The van der Waals surface area contributed by atoms with Gasteiger partial charge in [0.05, 0.1) is 11.3 Å². The lowest BCUT2D eigenvalue weighted by atomic mass is 9.86. The normalized spacial score (nSPS) is 18.8. The van der Waals surface area contributed by atoms with Gasteiger partial charge in [0.1, 0.15) is 5.15 Å². The second kappa shape index (κ2) is 5.38. The predicted molar refractivity (Wildman–Crippen MR) is 93.4 cm³/mol. The van der Waals surface area contributed by atoms with E-state index in [1.165, 1.54) is 15.8 Å². The quantitative estimate of drug-likeness (QED) is 0.885. The van der Waals surface area contributed by atoms with Crippen molar-refractivity contribution in [3.63, 3.8) is 0 Å². The number of carbonyl (C=O) groups is 1. The van der Waals surface area contributed by atoms with E-state index in [0.717, 1.165) is 12.1 Å². The molecular weight excluding hydrogens is 310 g/mol. The average molecular weight is 332 g/mol. The molecule has 1 aliphatic rings. The van der Waals surface area contributed by atoms with Gasteiger partial charge in [0.25, 0.3) is 5.91 Å². The molecule has 1 amide bonds. The van der Waals surface area contributed by atoms with E-state index in [-0.39, 0.29) is 11.3 Å². The van der Waals surface area contributed by atoms with Crippen molar-refractivity contribution in [1.82, 2.24) is 9.78 Å². The van der Waals surface area contributed by atoms with Gasteiger partial charge < -0.3 is 5.32 Å². The molecule has 4 nitrogen and oxygen atoms in total. The lowest BCUT2D eigenvalue weighted by Gasteiger charge is -2.19. The maximum atomic E-state index is 12.7. The Hall–Kier alpha value is -1.81. The number of amides is 1. The van der Waals surface area contributed by atoms with Crippen LogP contribution in [0, 0.1) is 6.92 Å². The van der Waals surface area contributed by atoms with Gasteiger partial charge in [0.2, 0.25) is 0 Å². The van der Waals surface area contributed by atoms with Crippen molar-refractivity contribution in [3.05, 3.63) is 45.7 Å². The highest BCUT2D eigenvalue weighted by atomic mass is 35.5. The molecule has 2 aromatic rings. The Morgan fingerprint density at radius 2 is 2.13 bits per heavy atom. The van der Waals surface area contributed by atoms with Crippen LogP contribution in [-0.4, -0.2) is 15.7 Å². The smallest absolute Gasteiger partial charge is 0.260 e. The predicted octanol–water partition coefficient (Wildman–Crippen LogP) is 4.42. The highest BCUT2D eigenvalue weighted by molar-refractivity contribution is 6.33. The second-order valence-corrected chi connectivity index (χ2v) is 7.44. The fourth-order valence-corrected chi connectivity index (χ4v) is 4.11. The van der Waals surface area contributed by atoms with Crippen LogP contribution in [0.4, 0.5) is 5.69 Å². The minimum Gasteiger partial charge on any atom is -0.322 e. The average Bonchev–Trinajstić information content (AvgIpc) is 2.84. The molecule has 1 N–H and O–H groups in total. The fourth-order valence-electron chi connectivity index (χ4n) is 3.85. The van der Waals surface area contributed by atoms with Crippen molar-refractivity contribution >= 4 is 23.2 Å². The van der Waals surface area contributed by atoms with Gasteiger partial charge in [-0.25, -0.2) is 0 Å². The summed E-state index contributed by atoms with van der Waals surface area (Å²) in [5.41, 5.74) is 4.65. The summed E-state index contributed by atoms with van der Waals surface area (Å²) in [6.07, 6.45) is 1.09. The summed E-state index contributed by atoms with van der Waals surface area (Å²) in [4.78, 5) is 12.7. The van der Waals surface area contributed by atoms with Crippen LogP contribution in [0.2, 0.25) is 5.15 Å². The second-order valence-electron chi connectivity index (χ2n) is 7.08. The van der Waals surface area contributed by atoms with Crippen LogP contribution in [0.1, 0.15) is 60.3 Å². The number of nitrogens with one attached hydrogen (secondary N) is 1. The highest BCUT2D eigenvalue weighted by Crippen LogP contribution is 2.48. The first-order valence-electron chi connectivity index (χ1n) is 7.86. The Labute approximate surface area is 141 Å². The summed E-state index contributed by atoms with van der Waals surface area (Å²) in [5, 5.41) is 7.61. The zero-order chi connectivity index (χ0) is 16.9. The van der Waals surface area contributed by atoms with Crippen molar-refractivity contribution in [1.29, 1.82) is 0 Å². The van der Waals surface area contributed by atoms with E-state index in [1.807, 2.05) is 12.1 Å². The molecule has 1 heterocycles. The van der Waals surface area contributed by atoms with E-state index in [4.69, 9.17) is 11.6 Å². The van der Waals surface area contributed by atoms with Gasteiger partial charge in [-0.2, -0.15) is 5.10 Å². The standard InChI is InChI=1S/C18H22ClN3O/c1-10-9-18(3,4)12-7-6-8-13(14(10)12)20-17(23)15-11(2)21-22(5)16(15)19/h6-8,10H,9H2,1-5H3,(H,20,23). The molecule has 1 atom stereocenters. The Bertz CT molecular complexity index is 792. The van der Waals surface area contributed by atoms with Crippen molar-refractivity contribution < 1.29 is 4.79 Å². The number of halogens is 1. The van der Waals surface area contributed by atoms with Crippen LogP contribution >= 0.6 is 11.6 Å². The van der Waals surface area contributed by atoms with Crippen LogP contribution in [0.25, 0.3) is 0 Å². The third kappa shape index (κ3) is 2.55. The summed E-state index contributed by atoms with van der Waals surface area (Å²) >= 11 is 6.21. The third-order valence-corrected chi connectivity index (χ3v) is 5.21. The molecule has 1 aromatic heterocycles. The van der Waals surface area contributed by atoms with Crippen LogP contribution in [0.3, 0.4) is 0 Å². The molecule has 0 saturated carbocycles. The van der Waals surface area contributed by atoms with Crippen LogP contribution < -0.4 is 5.32 Å². The molecule has 0 radical (unpaired) electrons. The Balaban J connectivity index is 1.99. The van der Waals surface area contributed by atoms with Gasteiger partial charge >= 0.3 is 0 Å². The molecule has 1 aromatic carbocycles. The molecule has 5 heteroatoms. The van der Waals surface area contributed by atoms with E-state index in [0.29, 0.717) is 22.3 Å². The Morgan fingerprint density at radius 3 is 2.74 bits per heavy atom. The fraction of sp³-hybridized carbons (Fsp3) is 0.444. The van der Waals surface area contributed by atoms with E-state index in [2.05, 4.69) is 37.3 Å². The lowest BCUT2D eigenvalue weighted by molar-refractivity contribution is 0.102. The Morgan fingerprint density at radius 1 is 1.43 bits per heavy atom. The van der Waals surface area contributed by atoms with Gasteiger partial charge in [-0.05, 0) is 41.9 Å². The van der Waals surface area contributed by atoms with Crippen LogP contribution in [0.5, 0.6) is 0 Å². The maximum absolute atomic E-state index is 12.7. The minimum atomic E-state index is -0.203. The van der Waals surface area contributed by atoms with Gasteiger partial charge in [-0.1, -0.05) is 44.5 Å². The van der Waals surface area contributed by atoms with Gasteiger partial charge in [-0.15, -0.1) is 0 Å². The largest absolute Gasteiger partial charge is 0.322 e.